The van der Waals surface area contributed by atoms with Crippen LogP contribution in [0.3, 0.4) is 0 Å². The zero-order chi connectivity index (χ0) is 12.0. The van der Waals surface area contributed by atoms with Crippen LogP contribution >= 0.6 is 0 Å². The molecule has 0 aromatic rings. The van der Waals surface area contributed by atoms with E-state index < -0.39 is 12.3 Å². The second-order valence-corrected chi connectivity index (χ2v) is 3.97. The Morgan fingerprint density at radius 1 is 1.47 bits per heavy atom. The summed E-state index contributed by atoms with van der Waals surface area (Å²) in [5.74, 6) is -0.800. The molecule has 2 N–H and O–H groups in total. The molecule has 0 fully saturated rings. The Morgan fingerprint density at radius 2 is 2.00 bits per heavy atom. The van der Waals surface area contributed by atoms with Crippen LogP contribution in [0.5, 0.6) is 0 Å². The largest absolute Gasteiger partial charge is 0.478 e. The molecule has 0 spiro atoms. The molecule has 0 saturated carbocycles. The van der Waals surface area contributed by atoms with Gasteiger partial charge in [-0.1, -0.05) is 19.9 Å². The van der Waals surface area contributed by atoms with Crippen LogP contribution in [0, 0.1) is 11.8 Å². The highest BCUT2D eigenvalue weighted by atomic mass is 16.6. The minimum atomic E-state index is -0.901. The molecule has 0 amide bonds. The topological polar surface area (TPSA) is 66.8 Å². The lowest BCUT2D eigenvalue weighted by molar-refractivity contribution is -0.132. The molecule has 3 atom stereocenters. The molecule has 88 valence electrons. The van der Waals surface area contributed by atoms with Gasteiger partial charge in [0.05, 0.1) is 0 Å². The molecular formula is C11H20O4. The number of aliphatic hydroxyl groups is 1. The third-order valence-electron chi connectivity index (χ3n) is 2.34. The molecule has 0 aliphatic carbocycles. The minimum Gasteiger partial charge on any atom is -0.478 e. The number of hydrogen-bond donors (Lipinski definition) is 2. The molecule has 0 aliphatic heterocycles. The van der Waals surface area contributed by atoms with Crippen LogP contribution in [0.25, 0.3) is 0 Å². The number of methoxy groups -OCH3 is 1. The van der Waals surface area contributed by atoms with Crippen molar-refractivity contribution < 1.29 is 19.7 Å². The van der Waals surface area contributed by atoms with Crippen LogP contribution in [0.15, 0.2) is 11.6 Å². The standard InChI is InChI=1S/C11H20O4/c1-7(5-8(2)10(12)13)6-9(3)11(14)15-4/h5,7,9,11,14H,6H2,1-4H3,(H,12,13)/b8-5+/t7-,9-,11?/m1/s1. The van der Waals surface area contributed by atoms with E-state index in [2.05, 4.69) is 0 Å². The van der Waals surface area contributed by atoms with Gasteiger partial charge in [0.1, 0.15) is 0 Å². The second-order valence-electron chi connectivity index (χ2n) is 3.97. The van der Waals surface area contributed by atoms with E-state index >= 15 is 0 Å². The molecule has 0 bridgehead atoms. The Kier molecular flexibility index (Phi) is 6.20. The summed E-state index contributed by atoms with van der Waals surface area (Å²) in [6, 6.07) is 0. The number of rotatable bonds is 6. The molecule has 1 unspecified atom stereocenters. The van der Waals surface area contributed by atoms with E-state index in [4.69, 9.17) is 9.84 Å². The second kappa shape index (κ2) is 6.58. The monoisotopic (exact) mass is 216 g/mol. The molecule has 0 aromatic heterocycles. The van der Waals surface area contributed by atoms with E-state index in [1.807, 2.05) is 13.8 Å². The molecule has 15 heavy (non-hydrogen) atoms. The number of carboxylic acids is 1. The molecule has 4 nitrogen and oxygen atoms in total. The minimum absolute atomic E-state index is 0.0113. The quantitative estimate of drug-likeness (QED) is 0.523. The Balaban J connectivity index is 4.19. The lowest BCUT2D eigenvalue weighted by atomic mass is 9.95. The fraction of sp³-hybridized carbons (Fsp3) is 0.727. The fourth-order valence-electron chi connectivity index (χ4n) is 1.50. The SMILES string of the molecule is COC(O)[C@H](C)C[C@H](C)/C=C(\C)C(=O)O. The van der Waals surface area contributed by atoms with E-state index in [-0.39, 0.29) is 11.8 Å². The molecular weight excluding hydrogens is 196 g/mol. The number of ether oxygens (including phenoxy) is 1. The van der Waals surface area contributed by atoms with Crippen LogP contribution < -0.4 is 0 Å². The first-order valence-electron chi connectivity index (χ1n) is 5.01. The van der Waals surface area contributed by atoms with Gasteiger partial charge in [-0.2, -0.15) is 0 Å². The van der Waals surface area contributed by atoms with E-state index in [0.717, 1.165) is 0 Å². The third-order valence-corrected chi connectivity index (χ3v) is 2.34. The lowest BCUT2D eigenvalue weighted by Crippen LogP contribution is -2.21. The summed E-state index contributed by atoms with van der Waals surface area (Å²) in [5.41, 5.74) is 0.335. The average molecular weight is 216 g/mol. The Hall–Kier alpha value is -0.870. The first-order chi connectivity index (χ1) is 6.88. The van der Waals surface area contributed by atoms with Crippen LogP contribution in [-0.4, -0.2) is 29.6 Å². The highest BCUT2D eigenvalue weighted by Crippen LogP contribution is 2.18. The van der Waals surface area contributed by atoms with E-state index in [1.165, 1.54) is 7.11 Å². The number of carbonyl (C=O) groups is 1. The van der Waals surface area contributed by atoms with Crippen molar-refractivity contribution in [2.24, 2.45) is 11.8 Å². The maximum absolute atomic E-state index is 10.6. The lowest BCUT2D eigenvalue weighted by Gasteiger charge is -2.19. The van der Waals surface area contributed by atoms with Crippen molar-refractivity contribution >= 4 is 5.97 Å². The van der Waals surface area contributed by atoms with Gasteiger partial charge in [0.15, 0.2) is 6.29 Å². The Bertz CT molecular complexity index is 235. The zero-order valence-electron chi connectivity index (χ0n) is 9.73. The highest BCUT2D eigenvalue weighted by molar-refractivity contribution is 5.85. The van der Waals surface area contributed by atoms with E-state index in [0.29, 0.717) is 12.0 Å². The number of hydrogen-bond acceptors (Lipinski definition) is 3. The van der Waals surface area contributed by atoms with Crippen molar-refractivity contribution in [2.45, 2.75) is 33.5 Å². The number of allylic oxidation sites excluding steroid dienone is 1. The summed E-state index contributed by atoms with van der Waals surface area (Å²) in [6.07, 6.45) is 1.60. The van der Waals surface area contributed by atoms with E-state index in [9.17, 15) is 9.90 Å². The van der Waals surface area contributed by atoms with Gasteiger partial charge in [-0.3, -0.25) is 0 Å². The van der Waals surface area contributed by atoms with Crippen LogP contribution in [-0.2, 0) is 9.53 Å². The van der Waals surface area contributed by atoms with Crippen molar-refractivity contribution in [3.63, 3.8) is 0 Å². The number of aliphatic carboxylic acids is 1. The summed E-state index contributed by atoms with van der Waals surface area (Å²) < 4.78 is 4.78. The number of carboxylic acid groups (broad SMARTS) is 1. The summed E-state index contributed by atoms with van der Waals surface area (Å²) in [4.78, 5) is 10.6. The fourth-order valence-corrected chi connectivity index (χ4v) is 1.50. The van der Waals surface area contributed by atoms with Crippen molar-refractivity contribution in [1.82, 2.24) is 0 Å². The van der Waals surface area contributed by atoms with Gasteiger partial charge in [-0.25, -0.2) is 4.79 Å². The van der Waals surface area contributed by atoms with Gasteiger partial charge in [-0.05, 0) is 19.3 Å². The number of aliphatic hydroxyl groups excluding tert-OH is 1. The zero-order valence-corrected chi connectivity index (χ0v) is 9.73. The van der Waals surface area contributed by atoms with Gasteiger partial charge < -0.3 is 14.9 Å². The van der Waals surface area contributed by atoms with Gasteiger partial charge in [-0.15, -0.1) is 0 Å². The predicted octanol–water partition coefficient (Wildman–Crippen LogP) is 1.64. The first kappa shape index (κ1) is 14.1. The van der Waals surface area contributed by atoms with Gasteiger partial charge in [0.25, 0.3) is 0 Å². The van der Waals surface area contributed by atoms with E-state index in [1.54, 1.807) is 13.0 Å². The summed E-state index contributed by atoms with van der Waals surface area (Å²) in [7, 11) is 1.45. The van der Waals surface area contributed by atoms with Gasteiger partial charge >= 0.3 is 5.97 Å². The van der Waals surface area contributed by atoms with Crippen molar-refractivity contribution in [2.75, 3.05) is 7.11 Å². The van der Waals surface area contributed by atoms with Crippen molar-refractivity contribution in [1.29, 1.82) is 0 Å². The summed E-state index contributed by atoms with van der Waals surface area (Å²) in [6.45, 7) is 5.36. The summed E-state index contributed by atoms with van der Waals surface area (Å²) >= 11 is 0. The maximum Gasteiger partial charge on any atom is 0.330 e. The third kappa shape index (κ3) is 5.54. The Labute approximate surface area is 90.6 Å². The molecule has 0 radical (unpaired) electrons. The molecule has 0 aromatic carbocycles. The van der Waals surface area contributed by atoms with Crippen molar-refractivity contribution in [3.05, 3.63) is 11.6 Å². The normalized spacial score (nSPS) is 18.3. The molecule has 0 rings (SSSR count). The Morgan fingerprint density at radius 3 is 2.40 bits per heavy atom. The van der Waals surface area contributed by atoms with Gasteiger partial charge in [0, 0.05) is 18.6 Å². The summed E-state index contributed by atoms with van der Waals surface area (Å²) in [5, 5.41) is 18.0. The molecule has 0 aliphatic rings. The van der Waals surface area contributed by atoms with Gasteiger partial charge in [0.2, 0.25) is 0 Å². The van der Waals surface area contributed by atoms with Crippen LogP contribution in [0.2, 0.25) is 0 Å². The molecule has 4 heteroatoms. The smallest absolute Gasteiger partial charge is 0.330 e. The van der Waals surface area contributed by atoms with Crippen molar-refractivity contribution in [3.8, 4) is 0 Å². The average Bonchev–Trinajstić information content (AvgIpc) is 2.15. The van der Waals surface area contributed by atoms with Crippen LogP contribution in [0.1, 0.15) is 27.2 Å². The molecule has 0 heterocycles. The molecule has 0 saturated heterocycles. The maximum atomic E-state index is 10.6. The predicted molar refractivity (Wildman–Crippen MR) is 57.4 cm³/mol. The van der Waals surface area contributed by atoms with Crippen LogP contribution in [0.4, 0.5) is 0 Å². The first-order valence-corrected chi connectivity index (χ1v) is 5.01. The highest BCUT2D eigenvalue weighted by Gasteiger charge is 2.16.